The van der Waals surface area contributed by atoms with Crippen LogP contribution in [0.1, 0.15) is 10.4 Å². The number of anilines is 2. The number of hydrogen-bond acceptors (Lipinski definition) is 3. The van der Waals surface area contributed by atoms with Crippen molar-refractivity contribution in [3.63, 3.8) is 0 Å². The van der Waals surface area contributed by atoms with Crippen molar-refractivity contribution in [2.45, 2.75) is 0 Å². The summed E-state index contributed by atoms with van der Waals surface area (Å²) in [5, 5.41) is 11.3. The Labute approximate surface area is 105 Å². The maximum Gasteiger partial charge on any atom is 0.339 e. The van der Waals surface area contributed by atoms with Crippen LogP contribution >= 0.6 is 0 Å². The lowest BCUT2D eigenvalue weighted by molar-refractivity contribution is 0.0697. The first kappa shape index (κ1) is 12.9. The molecule has 0 atom stereocenters. The molecule has 0 bridgehead atoms. The Bertz CT molecular complexity index is 647. The Morgan fingerprint density at radius 2 is 1.79 bits per heavy atom. The van der Waals surface area contributed by atoms with Crippen LogP contribution in [0, 0.1) is 17.5 Å². The van der Waals surface area contributed by atoms with Gasteiger partial charge in [-0.3, -0.25) is 4.98 Å². The van der Waals surface area contributed by atoms with Crippen LogP contribution < -0.4 is 5.32 Å². The second kappa shape index (κ2) is 4.97. The molecule has 0 fully saturated rings. The van der Waals surface area contributed by atoms with E-state index in [1.54, 1.807) is 0 Å². The third kappa shape index (κ3) is 2.65. The van der Waals surface area contributed by atoms with Crippen molar-refractivity contribution >= 4 is 17.3 Å². The van der Waals surface area contributed by atoms with Crippen molar-refractivity contribution in [1.29, 1.82) is 0 Å². The fourth-order valence-corrected chi connectivity index (χ4v) is 1.44. The fourth-order valence-electron chi connectivity index (χ4n) is 1.44. The van der Waals surface area contributed by atoms with Gasteiger partial charge in [0.25, 0.3) is 0 Å². The first-order valence-electron chi connectivity index (χ1n) is 5.08. The molecular formula is C12H7F3N2O2. The standard InChI is InChI=1S/C12H7F3N2O2/c13-7-3-9(15)11(4-8(7)14)17-10-1-2-16-5-6(10)12(18)19/h1-5H,(H,16,17)(H,18,19). The molecule has 0 saturated heterocycles. The van der Waals surface area contributed by atoms with E-state index in [-0.39, 0.29) is 16.9 Å². The highest BCUT2D eigenvalue weighted by Crippen LogP contribution is 2.24. The molecule has 0 radical (unpaired) electrons. The predicted octanol–water partition coefficient (Wildman–Crippen LogP) is 2.94. The molecule has 98 valence electrons. The zero-order valence-electron chi connectivity index (χ0n) is 9.32. The monoisotopic (exact) mass is 268 g/mol. The summed E-state index contributed by atoms with van der Waals surface area (Å²) in [6, 6.07) is 2.26. The van der Waals surface area contributed by atoms with E-state index in [1.165, 1.54) is 12.3 Å². The fraction of sp³-hybridized carbons (Fsp3) is 0. The van der Waals surface area contributed by atoms with Gasteiger partial charge in [0, 0.05) is 24.5 Å². The molecular weight excluding hydrogens is 261 g/mol. The summed E-state index contributed by atoms with van der Waals surface area (Å²) < 4.78 is 39.2. The van der Waals surface area contributed by atoms with E-state index in [2.05, 4.69) is 10.3 Å². The third-order valence-electron chi connectivity index (χ3n) is 2.33. The number of rotatable bonds is 3. The highest BCUT2D eigenvalue weighted by molar-refractivity contribution is 5.94. The van der Waals surface area contributed by atoms with Crippen molar-refractivity contribution in [1.82, 2.24) is 4.98 Å². The molecule has 0 amide bonds. The molecule has 0 spiro atoms. The van der Waals surface area contributed by atoms with E-state index < -0.39 is 23.4 Å². The van der Waals surface area contributed by atoms with E-state index in [1.807, 2.05) is 0 Å². The summed E-state index contributed by atoms with van der Waals surface area (Å²) in [6.07, 6.45) is 2.34. The van der Waals surface area contributed by atoms with E-state index in [9.17, 15) is 18.0 Å². The van der Waals surface area contributed by atoms with Crippen molar-refractivity contribution in [2.75, 3.05) is 5.32 Å². The summed E-state index contributed by atoms with van der Waals surface area (Å²) in [4.78, 5) is 14.5. The van der Waals surface area contributed by atoms with Crippen molar-refractivity contribution < 1.29 is 23.1 Å². The highest BCUT2D eigenvalue weighted by Gasteiger charge is 2.14. The van der Waals surface area contributed by atoms with Gasteiger partial charge in [0.2, 0.25) is 0 Å². The molecule has 19 heavy (non-hydrogen) atoms. The smallest absolute Gasteiger partial charge is 0.339 e. The van der Waals surface area contributed by atoms with E-state index in [0.717, 1.165) is 6.20 Å². The van der Waals surface area contributed by atoms with E-state index >= 15 is 0 Å². The Hall–Kier alpha value is -2.57. The lowest BCUT2D eigenvalue weighted by Crippen LogP contribution is -2.04. The second-order valence-electron chi connectivity index (χ2n) is 3.60. The molecule has 0 aliphatic carbocycles. The number of nitrogens with one attached hydrogen (secondary N) is 1. The number of benzene rings is 1. The number of carbonyl (C=O) groups is 1. The van der Waals surface area contributed by atoms with Crippen LogP contribution in [0.3, 0.4) is 0 Å². The van der Waals surface area contributed by atoms with Crippen molar-refractivity contribution in [2.24, 2.45) is 0 Å². The number of carboxylic acid groups (broad SMARTS) is 1. The average Bonchev–Trinajstić information content (AvgIpc) is 2.36. The molecule has 4 nitrogen and oxygen atoms in total. The molecule has 0 unspecified atom stereocenters. The molecule has 1 aromatic carbocycles. The van der Waals surface area contributed by atoms with Crippen LogP contribution in [0.4, 0.5) is 24.5 Å². The first-order chi connectivity index (χ1) is 8.99. The maximum absolute atomic E-state index is 13.4. The van der Waals surface area contributed by atoms with Crippen LogP contribution in [-0.4, -0.2) is 16.1 Å². The van der Waals surface area contributed by atoms with Crippen molar-refractivity contribution in [3.05, 3.63) is 53.6 Å². The normalized spacial score (nSPS) is 10.3. The lowest BCUT2D eigenvalue weighted by Gasteiger charge is -2.10. The van der Waals surface area contributed by atoms with Gasteiger partial charge in [-0.15, -0.1) is 0 Å². The topological polar surface area (TPSA) is 62.2 Å². The van der Waals surface area contributed by atoms with Gasteiger partial charge >= 0.3 is 5.97 Å². The van der Waals surface area contributed by atoms with Gasteiger partial charge in [-0.25, -0.2) is 18.0 Å². The molecule has 1 aromatic heterocycles. The van der Waals surface area contributed by atoms with Crippen LogP contribution in [0.25, 0.3) is 0 Å². The number of aromatic carboxylic acids is 1. The number of aromatic nitrogens is 1. The van der Waals surface area contributed by atoms with Gasteiger partial charge in [0.05, 0.1) is 11.4 Å². The second-order valence-corrected chi connectivity index (χ2v) is 3.60. The van der Waals surface area contributed by atoms with Gasteiger partial charge in [0.15, 0.2) is 11.6 Å². The Balaban J connectivity index is 2.42. The third-order valence-corrected chi connectivity index (χ3v) is 2.33. The van der Waals surface area contributed by atoms with Crippen LogP contribution in [0.15, 0.2) is 30.6 Å². The summed E-state index contributed by atoms with van der Waals surface area (Å²) in [6.45, 7) is 0. The lowest BCUT2D eigenvalue weighted by atomic mass is 10.2. The largest absolute Gasteiger partial charge is 0.478 e. The molecule has 2 rings (SSSR count). The van der Waals surface area contributed by atoms with Crippen molar-refractivity contribution in [3.8, 4) is 0 Å². The van der Waals surface area contributed by atoms with Gasteiger partial charge in [-0.2, -0.15) is 0 Å². The van der Waals surface area contributed by atoms with E-state index in [0.29, 0.717) is 12.1 Å². The number of pyridine rings is 1. The predicted molar refractivity (Wildman–Crippen MR) is 60.8 cm³/mol. The molecule has 2 N–H and O–H groups in total. The molecule has 7 heteroatoms. The summed E-state index contributed by atoms with van der Waals surface area (Å²) in [7, 11) is 0. The Kier molecular flexibility index (Phi) is 3.37. The number of carboxylic acids is 1. The van der Waals surface area contributed by atoms with Gasteiger partial charge < -0.3 is 10.4 Å². The minimum absolute atomic E-state index is 0.0207. The van der Waals surface area contributed by atoms with Gasteiger partial charge in [0.1, 0.15) is 11.4 Å². The van der Waals surface area contributed by atoms with Gasteiger partial charge in [-0.05, 0) is 6.07 Å². The van der Waals surface area contributed by atoms with Crippen LogP contribution in [0.2, 0.25) is 0 Å². The zero-order valence-corrected chi connectivity index (χ0v) is 9.32. The maximum atomic E-state index is 13.4. The molecule has 1 heterocycles. The average molecular weight is 268 g/mol. The molecule has 0 aliphatic heterocycles. The first-order valence-corrected chi connectivity index (χ1v) is 5.08. The zero-order chi connectivity index (χ0) is 14.0. The SMILES string of the molecule is O=C(O)c1cnccc1Nc1cc(F)c(F)cc1F. The number of nitrogens with zero attached hydrogens (tertiary/aromatic N) is 1. The highest BCUT2D eigenvalue weighted by atomic mass is 19.2. The minimum atomic E-state index is -1.32. The summed E-state index contributed by atoms with van der Waals surface area (Å²) in [5.41, 5.74) is -0.563. The Morgan fingerprint density at radius 3 is 2.47 bits per heavy atom. The summed E-state index contributed by atoms with van der Waals surface area (Å²) in [5.74, 6) is -4.88. The molecule has 2 aromatic rings. The van der Waals surface area contributed by atoms with E-state index in [4.69, 9.17) is 5.11 Å². The minimum Gasteiger partial charge on any atom is -0.478 e. The number of halogens is 3. The number of hydrogen-bond donors (Lipinski definition) is 2. The van der Waals surface area contributed by atoms with Crippen LogP contribution in [-0.2, 0) is 0 Å². The quantitative estimate of drug-likeness (QED) is 0.840. The molecule has 0 saturated carbocycles. The summed E-state index contributed by atoms with van der Waals surface area (Å²) >= 11 is 0. The van der Waals surface area contributed by atoms with Gasteiger partial charge in [-0.1, -0.05) is 0 Å². The van der Waals surface area contributed by atoms with Crippen LogP contribution in [0.5, 0.6) is 0 Å². The Morgan fingerprint density at radius 1 is 1.11 bits per heavy atom. The molecule has 0 aliphatic rings.